The molecule has 0 aromatic heterocycles. The van der Waals surface area contributed by atoms with E-state index in [2.05, 4.69) is 22.8 Å². The number of hydrogen-bond acceptors (Lipinski definition) is 3. The van der Waals surface area contributed by atoms with Gasteiger partial charge in [0.2, 0.25) is 5.91 Å². The molecule has 1 fully saturated rings. The molecule has 2 N–H and O–H groups in total. The molecule has 2 rings (SSSR count). The minimum absolute atomic E-state index is 0.216. The third-order valence-electron chi connectivity index (χ3n) is 3.12. The van der Waals surface area contributed by atoms with Crippen molar-refractivity contribution in [1.29, 1.82) is 0 Å². The average Bonchev–Trinajstić information content (AvgIpc) is 2.45. The van der Waals surface area contributed by atoms with Gasteiger partial charge in [-0.15, -0.1) is 11.8 Å². The Bertz CT molecular complexity index is 363. The number of thioether (sulfide) groups is 1. The van der Waals surface area contributed by atoms with Crippen LogP contribution < -0.4 is 10.6 Å². The predicted octanol–water partition coefficient (Wildman–Crippen LogP) is 1.89. The summed E-state index contributed by atoms with van der Waals surface area (Å²) in [6.07, 6.45) is 1.94. The normalized spacial score (nSPS) is 16.4. The fourth-order valence-electron chi connectivity index (χ4n) is 2.09. The molecular weight excluding hydrogens is 244 g/mol. The molecule has 1 heterocycles. The lowest BCUT2D eigenvalue weighted by molar-refractivity contribution is -0.125. The van der Waals surface area contributed by atoms with Crippen molar-refractivity contribution < 1.29 is 4.79 Å². The SMILES string of the molecule is O=C(NCCSc1ccccc1)C1CCNCC1. The van der Waals surface area contributed by atoms with Gasteiger partial charge in [-0.05, 0) is 38.1 Å². The van der Waals surface area contributed by atoms with Crippen molar-refractivity contribution >= 4 is 17.7 Å². The summed E-state index contributed by atoms with van der Waals surface area (Å²) < 4.78 is 0. The van der Waals surface area contributed by atoms with E-state index < -0.39 is 0 Å². The van der Waals surface area contributed by atoms with E-state index in [1.165, 1.54) is 4.90 Å². The quantitative estimate of drug-likeness (QED) is 0.630. The van der Waals surface area contributed by atoms with Gasteiger partial charge in [0.15, 0.2) is 0 Å². The van der Waals surface area contributed by atoms with Crippen molar-refractivity contribution in [3.8, 4) is 0 Å². The highest BCUT2D eigenvalue weighted by Crippen LogP contribution is 2.16. The van der Waals surface area contributed by atoms with E-state index in [1.807, 2.05) is 18.2 Å². The highest BCUT2D eigenvalue weighted by atomic mass is 32.2. The molecule has 18 heavy (non-hydrogen) atoms. The lowest BCUT2D eigenvalue weighted by atomic mass is 9.97. The van der Waals surface area contributed by atoms with Crippen molar-refractivity contribution in [2.75, 3.05) is 25.4 Å². The van der Waals surface area contributed by atoms with Gasteiger partial charge in [-0.25, -0.2) is 0 Å². The number of hydrogen-bond donors (Lipinski definition) is 2. The second kappa shape index (κ2) is 7.44. The van der Waals surface area contributed by atoms with Crippen LogP contribution in [0.25, 0.3) is 0 Å². The number of carbonyl (C=O) groups is 1. The van der Waals surface area contributed by atoms with Gasteiger partial charge in [-0.3, -0.25) is 4.79 Å². The standard InChI is InChI=1S/C14H20N2OS/c17-14(12-6-8-15-9-7-12)16-10-11-18-13-4-2-1-3-5-13/h1-5,12,15H,6-11H2,(H,16,17). The zero-order valence-corrected chi connectivity index (χ0v) is 11.3. The largest absolute Gasteiger partial charge is 0.355 e. The summed E-state index contributed by atoms with van der Waals surface area (Å²) in [4.78, 5) is 13.1. The Kier molecular flexibility index (Phi) is 5.55. The lowest BCUT2D eigenvalue weighted by Gasteiger charge is -2.21. The Morgan fingerprint density at radius 3 is 2.72 bits per heavy atom. The fraction of sp³-hybridized carbons (Fsp3) is 0.500. The predicted molar refractivity (Wildman–Crippen MR) is 75.8 cm³/mol. The summed E-state index contributed by atoms with van der Waals surface area (Å²) in [7, 11) is 0. The monoisotopic (exact) mass is 264 g/mol. The number of piperidine rings is 1. The Hall–Kier alpha value is -1.00. The third kappa shape index (κ3) is 4.35. The zero-order valence-electron chi connectivity index (χ0n) is 10.5. The summed E-state index contributed by atoms with van der Waals surface area (Å²) in [6.45, 7) is 2.69. The lowest BCUT2D eigenvalue weighted by Crippen LogP contribution is -2.38. The van der Waals surface area contributed by atoms with Crippen LogP contribution in [0.15, 0.2) is 35.2 Å². The topological polar surface area (TPSA) is 41.1 Å². The van der Waals surface area contributed by atoms with Crippen molar-refractivity contribution in [3.05, 3.63) is 30.3 Å². The highest BCUT2D eigenvalue weighted by molar-refractivity contribution is 7.99. The van der Waals surface area contributed by atoms with Crippen LogP contribution in [0.4, 0.5) is 0 Å². The maximum Gasteiger partial charge on any atom is 0.223 e. The molecule has 0 spiro atoms. The van der Waals surface area contributed by atoms with Crippen LogP contribution in [-0.4, -0.2) is 31.3 Å². The van der Waals surface area contributed by atoms with Gasteiger partial charge in [0.1, 0.15) is 0 Å². The van der Waals surface area contributed by atoms with Crippen molar-refractivity contribution in [1.82, 2.24) is 10.6 Å². The van der Waals surface area contributed by atoms with Crippen LogP contribution >= 0.6 is 11.8 Å². The Morgan fingerprint density at radius 1 is 1.28 bits per heavy atom. The van der Waals surface area contributed by atoms with Crippen molar-refractivity contribution in [2.45, 2.75) is 17.7 Å². The van der Waals surface area contributed by atoms with E-state index >= 15 is 0 Å². The number of amides is 1. The Balaban J connectivity index is 1.61. The zero-order chi connectivity index (χ0) is 12.6. The van der Waals surface area contributed by atoms with Gasteiger partial charge in [-0.1, -0.05) is 18.2 Å². The number of carbonyl (C=O) groups excluding carboxylic acids is 1. The van der Waals surface area contributed by atoms with Crippen molar-refractivity contribution in [2.24, 2.45) is 5.92 Å². The van der Waals surface area contributed by atoms with Crippen LogP contribution in [0.3, 0.4) is 0 Å². The molecule has 3 nitrogen and oxygen atoms in total. The fourth-order valence-corrected chi connectivity index (χ4v) is 2.88. The summed E-state index contributed by atoms with van der Waals surface area (Å²) >= 11 is 1.78. The summed E-state index contributed by atoms with van der Waals surface area (Å²) in [5.74, 6) is 1.37. The molecule has 1 aliphatic heterocycles. The molecule has 98 valence electrons. The first-order chi connectivity index (χ1) is 8.86. The molecule has 0 bridgehead atoms. The molecule has 0 saturated carbocycles. The molecule has 4 heteroatoms. The molecule has 1 aromatic carbocycles. The molecule has 0 unspecified atom stereocenters. The highest BCUT2D eigenvalue weighted by Gasteiger charge is 2.19. The van der Waals surface area contributed by atoms with E-state index in [-0.39, 0.29) is 11.8 Å². The van der Waals surface area contributed by atoms with Gasteiger partial charge in [0.25, 0.3) is 0 Å². The first-order valence-corrected chi connectivity index (χ1v) is 7.51. The molecule has 0 atom stereocenters. The van der Waals surface area contributed by atoms with Crippen LogP contribution in [0.2, 0.25) is 0 Å². The molecular formula is C14H20N2OS. The molecule has 1 aliphatic rings. The number of nitrogens with one attached hydrogen (secondary N) is 2. The maximum absolute atomic E-state index is 11.9. The van der Waals surface area contributed by atoms with Crippen molar-refractivity contribution in [3.63, 3.8) is 0 Å². The van der Waals surface area contributed by atoms with Gasteiger partial charge in [0.05, 0.1) is 0 Å². The Morgan fingerprint density at radius 2 is 2.00 bits per heavy atom. The molecule has 0 aliphatic carbocycles. The average molecular weight is 264 g/mol. The number of benzene rings is 1. The molecule has 0 radical (unpaired) electrons. The van der Waals surface area contributed by atoms with E-state index in [9.17, 15) is 4.79 Å². The third-order valence-corrected chi connectivity index (χ3v) is 4.14. The van der Waals surface area contributed by atoms with Crippen LogP contribution in [0.1, 0.15) is 12.8 Å². The molecule has 1 aromatic rings. The number of rotatable bonds is 5. The smallest absolute Gasteiger partial charge is 0.223 e. The van der Waals surface area contributed by atoms with Gasteiger partial charge in [0, 0.05) is 23.1 Å². The summed E-state index contributed by atoms with van der Waals surface area (Å²) in [5.41, 5.74) is 0. The minimum atomic E-state index is 0.216. The van der Waals surface area contributed by atoms with E-state index in [0.29, 0.717) is 0 Å². The molecule has 1 amide bonds. The summed E-state index contributed by atoms with van der Waals surface area (Å²) in [5, 5.41) is 6.31. The first kappa shape index (κ1) is 13.4. The van der Waals surface area contributed by atoms with E-state index in [0.717, 1.165) is 38.2 Å². The van der Waals surface area contributed by atoms with Gasteiger partial charge < -0.3 is 10.6 Å². The van der Waals surface area contributed by atoms with Crippen LogP contribution in [0, 0.1) is 5.92 Å². The van der Waals surface area contributed by atoms with Crippen LogP contribution in [-0.2, 0) is 4.79 Å². The second-order valence-corrected chi connectivity index (χ2v) is 5.65. The van der Waals surface area contributed by atoms with E-state index in [1.54, 1.807) is 11.8 Å². The first-order valence-electron chi connectivity index (χ1n) is 6.52. The van der Waals surface area contributed by atoms with Crippen LogP contribution in [0.5, 0.6) is 0 Å². The summed E-state index contributed by atoms with van der Waals surface area (Å²) in [6, 6.07) is 10.3. The Labute approximate surface area is 113 Å². The second-order valence-electron chi connectivity index (χ2n) is 4.48. The van der Waals surface area contributed by atoms with Gasteiger partial charge in [-0.2, -0.15) is 0 Å². The minimum Gasteiger partial charge on any atom is -0.355 e. The van der Waals surface area contributed by atoms with E-state index in [4.69, 9.17) is 0 Å². The molecule has 1 saturated heterocycles. The van der Waals surface area contributed by atoms with Gasteiger partial charge >= 0.3 is 0 Å². The maximum atomic E-state index is 11.9.